The average molecular weight is 571 g/mol. The van der Waals surface area contributed by atoms with Gasteiger partial charge in [-0.05, 0) is 36.8 Å². The summed E-state index contributed by atoms with van der Waals surface area (Å²) in [6.45, 7) is 11.1. The van der Waals surface area contributed by atoms with Crippen LogP contribution in [0.15, 0.2) is 49.1 Å². The van der Waals surface area contributed by atoms with Gasteiger partial charge in [0, 0.05) is 74.6 Å². The molecule has 2 aromatic carbocycles. The standard InChI is InChI=1S/C32H38N6O4/c1-2-30(40)35-11-13-36(14-12-35)31-27-8-10-38(29-18-24(39)16-22-6-3-4-7-26(22)29)20-28(27)33-32(34-31)41-15-5-9-37-19-25-17-23(37)21-42-25/h2-4,6-7,16,18,23,25,39H,1,5,8-15,17,19-21H2/t23-,25-/m0/s1. The molecule has 1 N–H and O–H groups in total. The second-order valence-corrected chi connectivity index (χ2v) is 11.7. The first kappa shape index (κ1) is 27.0. The fourth-order valence-electron chi connectivity index (χ4n) is 6.91. The highest BCUT2D eigenvalue weighted by molar-refractivity contribution is 5.95. The lowest BCUT2D eigenvalue weighted by Crippen LogP contribution is -2.49. The van der Waals surface area contributed by atoms with Crippen LogP contribution in [0.25, 0.3) is 10.8 Å². The minimum Gasteiger partial charge on any atom is -0.508 e. The second-order valence-electron chi connectivity index (χ2n) is 11.7. The van der Waals surface area contributed by atoms with E-state index in [4.69, 9.17) is 19.4 Å². The Bertz CT molecular complexity index is 1490. The summed E-state index contributed by atoms with van der Waals surface area (Å²) in [6.07, 6.45) is 4.61. The van der Waals surface area contributed by atoms with E-state index in [1.807, 2.05) is 29.2 Å². The van der Waals surface area contributed by atoms with E-state index in [9.17, 15) is 9.90 Å². The highest BCUT2D eigenvalue weighted by Crippen LogP contribution is 2.36. The summed E-state index contributed by atoms with van der Waals surface area (Å²) >= 11 is 0. The van der Waals surface area contributed by atoms with Crippen molar-refractivity contribution in [3.63, 3.8) is 0 Å². The number of hydrogen-bond acceptors (Lipinski definition) is 9. The maximum absolute atomic E-state index is 12.2. The predicted octanol–water partition coefficient (Wildman–Crippen LogP) is 2.97. The number of fused-ring (bicyclic) bond motifs is 4. The van der Waals surface area contributed by atoms with E-state index in [0.717, 1.165) is 79.0 Å². The zero-order valence-corrected chi connectivity index (χ0v) is 24.0. The van der Waals surface area contributed by atoms with Crippen molar-refractivity contribution in [1.82, 2.24) is 19.8 Å². The van der Waals surface area contributed by atoms with Gasteiger partial charge in [0.1, 0.15) is 11.6 Å². The lowest BCUT2D eigenvalue weighted by atomic mass is 10.0. The number of nitrogens with zero attached hydrogens (tertiary/aromatic N) is 6. The zero-order valence-electron chi connectivity index (χ0n) is 24.0. The number of amides is 1. The molecule has 5 heterocycles. The highest BCUT2D eigenvalue weighted by atomic mass is 16.5. The summed E-state index contributed by atoms with van der Waals surface area (Å²) in [5.74, 6) is 1.14. The number of carbonyl (C=O) groups excluding carboxylic acids is 1. The van der Waals surface area contributed by atoms with Crippen molar-refractivity contribution in [3.8, 4) is 11.8 Å². The summed E-state index contributed by atoms with van der Waals surface area (Å²) < 4.78 is 11.9. The molecule has 0 aliphatic carbocycles. The van der Waals surface area contributed by atoms with E-state index in [1.54, 1.807) is 6.07 Å². The fourth-order valence-corrected chi connectivity index (χ4v) is 6.91. The van der Waals surface area contributed by atoms with E-state index in [1.165, 1.54) is 6.08 Å². The molecule has 3 aromatic rings. The van der Waals surface area contributed by atoms with Crippen LogP contribution in [0.4, 0.5) is 11.5 Å². The molecule has 0 spiro atoms. The van der Waals surface area contributed by atoms with E-state index < -0.39 is 0 Å². The van der Waals surface area contributed by atoms with Crippen LogP contribution in [0.5, 0.6) is 11.8 Å². The van der Waals surface area contributed by atoms with Gasteiger partial charge in [-0.2, -0.15) is 9.97 Å². The maximum atomic E-state index is 12.2. The molecule has 0 saturated carbocycles. The number of piperazine rings is 1. The topological polar surface area (TPSA) is 94.5 Å². The van der Waals surface area contributed by atoms with Crippen LogP contribution < -0.4 is 14.5 Å². The van der Waals surface area contributed by atoms with Crippen molar-refractivity contribution < 1.29 is 19.4 Å². The Balaban J connectivity index is 1.12. The molecule has 4 aliphatic heterocycles. The van der Waals surface area contributed by atoms with Crippen LogP contribution in [-0.2, 0) is 22.5 Å². The largest absolute Gasteiger partial charge is 0.508 e. The Kier molecular flexibility index (Phi) is 7.33. The third kappa shape index (κ3) is 5.25. The van der Waals surface area contributed by atoms with Gasteiger partial charge in [0.05, 0.1) is 31.6 Å². The van der Waals surface area contributed by atoms with Crippen LogP contribution in [-0.4, -0.2) is 102 Å². The monoisotopic (exact) mass is 570 g/mol. The van der Waals surface area contributed by atoms with E-state index in [-0.39, 0.29) is 11.7 Å². The first-order chi connectivity index (χ1) is 20.6. The lowest BCUT2D eigenvalue weighted by molar-refractivity contribution is -0.126. The number of phenols is 1. The summed E-state index contributed by atoms with van der Waals surface area (Å²) in [5.41, 5.74) is 3.09. The number of ether oxygens (including phenoxy) is 2. The van der Waals surface area contributed by atoms with E-state index in [0.29, 0.717) is 57.5 Å². The maximum Gasteiger partial charge on any atom is 0.318 e. The van der Waals surface area contributed by atoms with Gasteiger partial charge in [0.15, 0.2) is 0 Å². The van der Waals surface area contributed by atoms with Crippen molar-refractivity contribution in [3.05, 3.63) is 60.3 Å². The van der Waals surface area contributed by atoms with Gasteiger partial charge in [-0.25, -0.2) is 0 Å². The normalized spacial score (nSPS) is 22.0. The Hall–Kier alpha value is -3.89. The molecule has 4 aliphatic rings. The van der Waals surface area contributed by atoms with Crippen molar-refractivity contribution in [2.75, 3.05) is 68.8 Å². The first-order valence-corrected chi connectivity index (χ1v) is 15.1. The molecular weight excluding hydrogens is 532 g/mol. The first-order valence-electron chi connectivity index (χ1n) is 15.1. The van der Waals surface area contributed by atoms with Gasteiger partial charge in [0.25, 0.3) is 0 Å². The highest BCUT2D eigenvalue weighted by Gasteiger charge is 2.38. The number of phenolic OH excluding ortho intramolecular Hbond substituents is 1. The molecule has 42 heavy (non-hydrogen) atoms. The average Bonchev–Trinajstić information content (AvgIpc) is 3.65. The summed E-state index contributed by atoms with van der Waals surface area (Å²) in [5, 5.41) is 12.6. The Morgan fingerprint density at radius 1 is 1.12 bits per heavy atom. The number of rotatable bonds is 8. The van der Waals surface area contributed by atoms with Crippen molar-refractivity contribution in [1.29, 1.82) is 0 Å². The van der Waals surface area contributed by atoms with Gasteiger partial charge >= 0.3 is 6.01 Å². The van der Waals surface area contributed by atoms with Gasteiger partial charge in [-0.15, -0.1) is 0 Å². The molecule has 7 rings (SSSR count). The predicted molar refractivity (Wildman–Crippen MR) is 161 cm³/mol. The molecule has 0 unspecified atom stereocenters. The van der Waals surface area contributed by atoms with Crippen molar-refractivity contribution in [2.24, 2.45) is 0 Å². The number of likely N-dealkylation sites (tertiary alicyclic amines) is 1. The molecule has 220 valence electrons. The number of morpholine rings is 1. The quantitative estimate of drug-likeness (QED) is 0.324. The summed E-state index contributed by atoms with van der Waals surface area (Å²) in [6, 6.07) is 12.8. The molecule has 1 amide bonds. The van der Waals surface area contributed by atoms with E-state index >= 15 is 0 Å². The van der Waals surface area contributed by atoms with Crippen LogP contribution in [0.2, 0.25) is 0 Å². The van der Waals surface area contributed by atoms with Crippen LogP contribution >= 0.6 is 0 Å². The van der Waals surface area contributed by atoms with Gasteiger partial charge in [0.2, 0.25) is 5.91 Å². The number of aromatic nitrogens is 2. The molecule has 3 saturated heterocycles. The van der Waals surface area contributed by atoms with Gasteiger partial charge in [-0.1, -0.05) is 30.8 Å². The number of hydrogen-bond donors (Lipinski definition) is 1. The number of aromatic hydroxyl groups is 1. The molecule has 2 atom stereocenters. The molecule has 3 fully saturated rings. The van der Waals surface area contributed by atoms with Crippen molar-refractivity contribution in [2.45, 2.75) is 38.0 Å². The third-order valence-corrected chi connectivity index (χ3v) is 9.09. The van der Waals surface area contributed by atoms with Crippen LogP contribution in [0.3, 0.4) is 0 Å². The van der Waals surface area contributed by atoms with Gasteiger partial charge in [-0.3, -0.25) is 9.69 Å². The minimum atomic E-state index is -0.0323. The minimum absolute atomic E-state index is 0.0323. The second kappa shape index (κ2) is 11.4. The van der Waals surface area contributed by atoms with Crippen LogP contribution in [0, 0.1) is 0 Å². The SMILES string of the molecule is C=CC(=O)N1CCN(c2nc(OCCCN3C[C@@H]4C[C@H]3CO4)nc3c2CCN(c2cc(O)cc4ccccc24)C3)CC1. The molecule has 10 heteroatoms. The van der Waals surface area contributed by atoms with E-state index in [2.05, 4.69) is 27.3 Å². The Labute approximate surface area is 246 Å². The Morgan fingerprint density at radius 3 is 2.76 bits per heavy atom. The number of anilines is 2. The molecule has 2 bridgehead atoms. The zero-order chi connectivity index (χ0) is 28.6. The number of carbonyl (C=O) groups is 1. The van der Waals surface area contributed by atoms with Crippen LogP contribution in [0.1, 0.15) is 24.1 Å². The molecule has 1 aromatic heterocycles. The summed E-state index contributed by atoms with van der Waals surface area (Å²) in [4.78, 5) is 31.0. The lowest BCUT2D eigenvalue weighted by Gasteiger charge is -2.38. The smallest absolute Gasteiger partial charge is 0.318 e. The fraction of sp³-hybridized carbons (Fsp3) is 0.469. The molecule has 0 radical (unpaired) electrons. The Morgan fingerprint density at radius 2 is 1.98 bits per heavy atom. The van der Waals surface area contributed by atoms with Gasteiger partial charge < -0.3 is 29.3 Å². The summed E-state index contributed by atoms with van der Waals surface area (Å²) in [7, 11) is 0. The molecular formula is C32H38N6O4. The molecule has 10 nitrogen and oxygen atoms in total. The third-order valence-electron chi connectivity index (χ3n) is 9.09. The van der Waals surface area contributed by atoms with Crippen molar-refractivity contribution >= 4 is 28.2 Å². The number of benzene rings is 2.